The molecule has 37 heavy (non-hydrogen) atoms. The van der Waals surface area contributed by atoms with E-state index in [2.05, 4.69) is 10.6 Å². The average molecular weight is 582 g/mol. The van der Waals surface area contributed by atoms with Crippen molar-refractivity contribution in [2.75, 3.05) is 18.5 Å². The van der Waals surface area contributed by atoms with Crippen molar-refractivity contribution >= 4 is 74.4 Å². The van der Waals surface area contributed by atoms with E-state index in [0.717, 1.165) is 11.3 Å². The Bertz CT molecular complexity index is 1330. The molecule has 1 heterocycles. The van der Waals surface area contributed by atoms with Crippen LogP contribution in [0.4, 0.5) is 10.7 Å². The van der Waals surface area contributed by atoms with Gasteiger partial charge in [-0.05, 0) is 49.3 Å². The predicted molar refractivity (Wildman–Crippen MR) is 148 cm³/mol. The minimum absolute atomic E-state index is 0.00958. The van der Waals surface area contributed by atoms with Crippen molar-refractivity contribution in [1.82, 2.24) is 5.32 Å². The highest BCUT2D eigenvalue weighted by molar-refractivity contribution is 7.80. The highest BCUT2D eigenvalue weighted by atomic mass is 35.5. The summed E-state index contributed by atoms with van der Waals surface area (Å²) in [6.07, 6.45) is 0.526. The Balaban J connectivity index is 1.62. The number of nitro groups is 1. The number of nitro benzene ring substituents is 1. The second kappa shape index (κ2) is 13.3. The number of amides is 1. The van der Waals surface area contributed by atoms with Crippen LogP contribution in [0.5, 0.6) is 5.75 Å². The van der Waals surface area contributed by atoms with Crippen molar-refractivity contribution < 1.29 is 24.0 Å². The molecule has 1 amide bonds. The molecular formula is C24H21Cl2N3O6S2. The number of ether oxygens (including phenoxy) is 2. The van der Waals surface area contributed by atoms with Crippen LogP contribution in [0.1, 0.15) is 30.1 Å². The number of nitrogens with one attached hydrogen (secondary N) is 2. The first kappa shape index (κ1) is 28.3. The molecule has 3 aromatic rings. The number of esters is 1. The van der Waals surface area contributed by atoms with Crippen molar-refractivity contribution in [2.45, 2.75) is 19.8 Å². The fourth-order valence-electron chi connectivity index (χ4n) is 3.19. The Labute approximate surface area is 231 Å². The maximum absolute atomic E-state index is 12.7. The number of thiocarbonyl (C=S) groups is 1. The van der Waals surface area contributed by atoms with E-state index < -0.39 is 10.9 Å². The molecule has 13 heteroatoms. The Morgan fingerprint density at radius 2 is 1.97 bits per heavy atom. The summed E-state index contributed by atoms with van der Waals surface area (Å²) in [6.45, 7) is 2.05. The lowest BCUT2D eigenvalue weighted by molar-refractivity contribution is -0.384. The third-order valence-corrected chi connectivity index (χ3v) is 6.45. The second-order valence-corrected chi connectivity index (χ2v) is 9.54. The van der Waals surface area contributed by atoms with Crippen LogP contribution in [0.15, 0.2) is 47.8 Å². The summed E-state index contributed by atoms with van der Waals surface area (Å²) < 4.78 is 10.7. The zero-order valence-corrected chi connectivity index (χ0v) is 22.6. The molecule has 0 unspecified atom stereocenters. The van der Waals surface area contributed by atoms with Gasteiger partial charge in [0, 0.05) is 34.5 Å². The molecule has 3 rings (SSSR count). The summed E-state index contributed by atoms with van der Waals surface area (Å²) in [5, 5.41) is 19.5. The smallest absolute Gasteiger partial charge is 0.341 e. The first-order chi connectivity index (χ1) is 17.7. The maximum atomic E-state index is 12.7. The molecule has 0 radical (unpaired) electrons. The van der Waals surface area contributed by atoms with Crippen molar-refractivity contribution in [3.63, 3.8) is 0 Å². The third kappa shape index (κ3) is 7.86. The number of carbonyl (C=O) groups excluding carboxylic acids is 2. The van der Waals surface area contributed by atoms with Gasteiger partial charge in [0.15, 0.2) is 5.11 Å². The molecule has 0 spiro atoms. The van der Waals surface area contributed by atoms with E-state index in [4.69, 9.17) is 44.9 Å². The number of hydrogen-bond donors (Lipinski definition) is 2. The van der Waals surface area contributed by atoms with E-state index >= 15 is 0 Å². The molecular weight excluding hydrogens is 561 g/mol. The van der Waals surface area contributed by atoms with Gasteiger partial charge in [-0.25, -0.2) is 4.79 Å². The normalized spacial score (nSPS) is 10.5. The zero-order valence-electron chi connectivity index (χ0n) is 19.4. The van der Waals surface area contributed by atoms with Crippen LogP contribution in [0.25, 0.3) is 11.1 Å². The van der Waals surface area contributed by atoms with Crippen LogP contribution in [0, 0.1) is 10.1 Å². The molecule has 0 atom stereocenters. The summed E-state index contributed by atoms with van der Waals surface area (Å²) in [4.78, 5) is 35.7. The molecule has 0 aliphatic heterocycles. The van der Waals surface area contributed by atoms with Crippen LogP contribution in [-0.4, -0.2) is 35.1 Å². The molecule has 0 aliphatic rings. The van der Waals surface area contributed by atoms with Crippen molar-refractivity contribution in [2.24, 2.45) is 0 Å². The SMILES string of the molecule is CCOC(=O)c1c(-c2cccc([N+](=O)[O-])c2)csc1NC(=S)NC(=O)CCCOc1ccc(Cl)cc1Cl. The molecule has 0 bridgehead atoms. The monoisotopic (exact) mass is 581 g/mol. The maximum Gasteiger partial charge on any atom is 0.341 e. The van der Waals surface area contributed by atoms with Crippen LogP contribution < -0.4 is 15.4 Å². The lowest BCUT2D eigenvalue weighted by Gasteiger charge is -2.11. The fraction of sp³-hybridized carbons (Fsp3) is 0.208. The highest BCUT2D eigenvalue weighted by Crippen LogP contribution is 2.37. The fourth-order valence-corrected chi connectivity index (χ4v) is 4.89. The summed E-state index contributed by atoms with van der Waals surface area (Å²) in [5.41, 5.74) is 0.967. The topological polar surface area (TPSA) is 120 Å². The van der Waals surface area contributed by atoms with Gasteiger partial charge >= 0.3 is 5.97 Å². The Hall–Kier alpha value is -3.25. The third-order valence-electron chi connectivity index (χ3n) is 4.82. The van der Waals surface area contributed by atoms with Gasteiger partial charge in [-0.2, -0.15) is 0 Å². The van der Waals surface area contributed by atoms with Gasteiger partial charge in [0.1, 0.15) is 16.3 Å². The van der Waals surface area contributed by atoms with Crippen molar-refractivity contribution in [3.8, 4) is 16.9 Å². The summed E-state index contributed by atoms with van der Waals surface area (Å²) in [6, 6.07) is 10.8. The van der Waals surface area contributed by atoms with Gasteiger partial charge in [-0.1, -0.05) is 35.3 Å². The Kier molecular flexibility index (Phi) is 10.2. The van der Waals surface area contributed by atoms with Crippen LogP contribution in [-0.2, 0) is 9.53 Å². The number of non-ortho nitro benzene ring substituents is 1. The first-order valence-corrected chi connectivity index (χ1v) is 13.0. The lowest BCUT2D eigenvalue weighted by atomic mass is 10.0. The standard InChI is InChI=1S/C24H21Cl2N3O6S2/c1-2-34-23(31)21-17(14-5-3-6-16(11-14)29(32)33)13-37-22(21)28-24(36)27-20(30)7-4-10-35-19-9-8-15(25)12-18(19)26/h3,5-6,8-9,11-13H,2,4,7,10H2,1H3,(H2,27,28,30,36). The van der Waals surface area contributed by atoms with E-state index in [0.29, 0.717) is 38.3 Å². The quantitative estimate of drug-likeness (QED) is 0.0917. The van der Waals surface area contributed by atoms with Gasteiger partial charge in [-0.15, -0.1) is 11.3 Å². The predicted octanol–water partition coefficient (Wildman–Crippen LogP) is 6.48. The molecule has 2 N–H and O–H groups in total. The van der Waals surface area contributed by atoms with Crippen molar-refractivity contribution in [3.05, 3.63) is 73.6 Å². The zero-order chi connectivity index (χ0) is 26.9. The van der Waals surface area contributed by atoms with Gasteiger partial charge in [0.05, 0.1) is 23.2 Å². The molecule has 0 aliphatic carbocycles. The highest BCUT2D eigenvalue weighted by Gasteiger charge is 2.23. The number of nitrogens with zero attached hydrogens (tertiary/aromatic N) is 1. The number of carbonyl (C=O) groups is 2. The molecule has 194 valence electrons. The van der Waals surface area contributed by atoms with Crippen molar-refractivity contribution in [1.29, 1.82) is 0 Å². The molecule has 0 fully saturated rings. The van der Waals surface area contributed by atoms with E-state index in [1.807, 2.05) is 0 Å². The minimum Gasteiger partial charge on any atom is -0.492 e. The summed E-state index contributed by atoms with van der Waals surface area (Å²) >= 11 is 18.3. The van der Waals surface area contributed by atoms with E-state index in [1.165, 1.54) is 18.2 Å². The van der Waals surface area contributed by atoms with E-state index in [1.54, 1.807) is 36.6 Å². The van der Waals surface area contributed by atoms with E-state index in [9.17, 15) is 19.7 Å². The summed E-state index contributed by atoms with van der Waals surface area (Å²) in [7, 11) is 0. The van der Waals surface area contributed by atoms with Gasteiger partial charge < -0.3 is 20.1 Å². The van der Waals surface area contributed by atoms with Gasteiger partial charge in [0.25, 0.3) is 5.69 Å². The van der Waals surface area contributed by atoms with Gasteiger partial charge in [-0.3, -0.25) is 14.9 Å². The number of anilines is 1. The molecule has 2 aromatic carbocycles. The number of rotatable bonds is 10. The minimum atomic E-state index is -0.625. The first-order valence-electron chi connectivity index (χ1n) is 10.9. The second-order valence-electron chi connectivity index (χ2n) is 7.41. The molecule has 1 aromatic heterocycles. The number of benzene rings is 2. The average Bonchev–Trinajstić information content (AvgIpc) is 3.26. The van der Waals surface area contributed by atoms with E-state index in [-0.39, 0.29) is 41.9 Å². The number of halogens is 2. The lowest BCUT2D eigenvalue weighted by Crippen LogP contribution is -2.34. The van der Waals surface area contributed by atoms with Crippen LogP contribution >= 0.6 is 46.8 Å². The Morgan fingerprint density at radius 3 is 2.68 bits per heavy atom. The van der Waals surface area contributed by atoms with Gasteiger partial charge in [0.2, 0.25) is 5.91 Å². The molecule has 9 nitrogen and oxygen atoms in total. The largest absolute Gasteiger partial charge is 0.492 e. The van der Waals surface area contributed by atoms with Crippen LogP contribution in [0.2, 0.25) is 10.0 Å². The summed E-state index contributed by atoms with van der Waals surface area (Å²) in [5.74, 6) is -0.510. The number of hydrogen-bond acceptors (Lipinski definition) is 8. The molecule has 0 saturated heterocycles. The Morgan fingerprint density at radius 1 is 1.19 bits per heavy atom. The van der Waals surface area contributed by atoms with Crippen LogP contribution in [0.3, 0.4) is 0 Å². The molecule has 0 saturated carbocycles. The number of thiophene rings is 1.